The molecule has 3 nitrogen and oxygen atoms in total. The zero-order valence-electron chi connectivity index (χ0n) is 12.7. The minimum absolute atomic E-state index is 0. The van der Waals surface area contributed by atoms with Gasteiger partial charge in [0.05, 0.1) is 4.90 Å². The van der Waals surface area contributed by atoms with Crippen molar-refractivity contribution in [3.63, 3.8) is 0 Å². The lowest BCUT2D eigenvalue weighted by Crippen LogP contribution is -2.04. The fourth-order valence-electron chi connectivity index (χ4n) is 2.70. The van der Waals surface area contributed by atoms with Crippen LogP contribution in [0.15, 0.2) is 89.8 Å². The van der Waals surface area contributed by atoms with Gasteiger partial charge in [-0.1, -0.05) is 72.8 Å². The predicted molar refractivity (Wildman–Crippen MR) is 106 cm³/mol. The molecule has 1 N–H and O–H groups in total. The van der Waals surface area contributed by atoms with Crippen LogP contribution in [0.2, 0.25) is 0 Å². The number of hydrogen-bond acceptors (Lipinski definition) is 2. The first-order valence-corrected chi connectivity index (χ1v) is 8.67. The minimum Gasteiger partial charge on any atom is -0.282 e. The van der Waals surface area contributed by atoms with E-state index in [1.807, 2.05) is 60.7 Å². The molecule has 3 aromatic rings. The van der Waals surface area contributed by atoms with E-state index in [4.69, 9.17) is 4.55 Å². The Labute approximate surface area is 159 Å². The Morgan fingerprint density at radius 3 is 1.38 bits per heavy atom. The molecule has 124 valence electrons. The highest BCUT2D eigenvalue weighted by molar-refractivity contribution is 14.0. The van der Waals surface area contributed by atoms with Gasteiger partial charge in [0.15, 0.2) is 0 Å². The van der Waals surface area contributed by atoms with Crippen molar-refractivity contribution < 1.29 is 13.0 Å². The maximum Gasteiger partial charge on any atom is 0.294 e. The highest BCUT2D eigenvalue weighted by Gasteiger charge is 2.17. The quantitative estimate of drug-likeness (QED) is 0.354. The van der Waals surface area contributed by atoms with E-state index in [-0.39, 0.29) is 34.8 Å². The second-order valence-corrected chi connectivity index (χ2v) is 6.72. The summed E-state index contributed by atoms with van der Waals surface area (Å²) in [7, 11) is -4.17. The normalized spacial score (nSPS) is 11.1. The molecule has 0 aliphatic heterocycles. The first-order valence-electron chi connectivity index (χ1n) is 7.23. The maximum absolute atomic E-state index is 11.2. The summed E-state index contributed by atoms with van der Waals surface area (Å²) in [5.74, 6) is 0.00727. The monoisotopic (exact) mass is 452 g/mol. The molecule has 0 saturated heterocycles. The van der Waals surface area contributed by atoms with Crippen molar-refractivity contribution >= 4 is 34.1 Å². The van der Waals surface area contributed by atoms with Gasteiger partial charge in [-0.15, -0.1) is 24.0 Å². The molecular weight excluding hydrogens is 435 g/mol. The largest absolute Gasteiger partial charge is 0.294 e. The van der Waals surface area contributed by atoms with Crippen molar-refractivity contribution in [2.75, 3.05) is 0 Å². The van der Waals surface area contributed by atoms with Gasteiger partial charge in [0.1, 0.15) is 0 Å². The summed E-state index contributed by atoms with van der Waals surface area (Å²) in [6, 6.07) is 26.4. The second kappa shape index (κ2) is 7.92. The van der Waals surface area contributed by atoms with Crippen molar-refractivity contribution in [3.05, 3.63) is 102 Å². The smallest absolute Gasteiger partial charge is 0.282 e. The van der Waals surface area contributed by atoms with Crippen molar-refractivity contribution in [1.82, 2.24) is 0 Å². The zero-order chi connectivity index (χ0) is 16.3. The lowest BCUT2D eigenvalue weighted by Gasteiger charge is -2.19. The summed E-state index contributed by atoms with van der Waals surface area (Å²) in [5, 5.41) is 0. The Kier molecular flexibility index (Phi) is 6.15. The summed E-state index contributed by atoms with van der Waals surface area (Å²) >= 11 is 0. The number of halogens is 1. The molecule has 0 aliphatic carbocycles. The van der Waals surface area contributed by atoms with Gasteiger partial charge in [0.2, 0.25) is 0 Å². The molecule has 0 saturated carbocycles. The lowest BCUT2D eigenvalue weighted by molar-refractivity contribution is 0.483. The van der Waals surface area contributed by atoms with Crippen molar-refractivity contribution in [2.45, 2.75) is 10.8 Å². The Hall–Kier alpha value is -1.70. The van der Waals surface area contributed by atoms with Crippen LogP contribution in [0.4, 0.5) is 0 Å². The van der Waals surface area contributed by atoms with E-state index >= 15 is 0 Å². The van der Waals surface area contributed by atoms with Crippen LogP contribution in [0.5, 0.6) is 0 Å². The van der Waals surface area contributed by atoms with E-state index in [1.54, 1.807) is 12.1 Å². The third-order valence-corrected chi connectivity index (χ3v) is 4.64. The Morgan fingerprint density at radius 2 is 1.00 bits per heavy atom. The minimum atomic E-state index is -4.17. The van der Waals surface area contributed by atoms with Crippen LogP contribution in [0, 0.1) is 0 Å². The summed E-state index contributed by atoms with van der Waals surface area (Å²) in [4.78, 5) is -0.0962. The zero-order valence-corrected chi connectivity index (χ0v) is 15.9. The second-order valence-electron chi connectivity index (χ2n) is 5.30. The van der Waals surface area contributed by atoms with Gasteiger partial charge < -0.3 is 0 Å². The molecule has 0 fully saturated rings. The number of rotatable bonds is 4. The summed E-state index contributed by atoms with van der Waals surface area (Å²) < 4.78 is 31.5. The molecule has 3 aromatic carbocycles. The molecule has 0 amide bonds. The van der Waals surface area contributed by atoms with Crippen LogP contribution in [0.1, 0.15) is 22.6 Å². The van der Waals surface area contributed by atoms with Crippen molar-refractivity contribution in [1.29, 1.82) is 0 Å². The van der Waals surface area contributed by atoms with E-state index in [1.165, 1.54) is 12.1 Å². The van der Waals surface area contributed by atoms with Gasteiger partial charge >= 0.3 is 0 Å². The Morgan fingerprint density at radius 1 is 0.625 bits per heavy atom. The van der Waals surface area contributed by atoms with Gasteiger partial charge in [0, 0.05) is 5.92 Å². The first kappa shape index (κ1) is 18.6. The average Bonchev–Trinajstić information content (AvgIpc) is 2.57. The molecule has 5 heteroatoms. The van der Waals surface area contributed by atoms with E-state index < -0.39 is 10.1 Å². The van der Waals surface area contributed by atoms with Crippen LogP contribution in [-0.4, -0.2) is 13.0 Å². The maximum atomic E-state index is 11.2. The average molecular weight is 452 g/mol. The van der Waals surface area contributed by atoms with Crippen LogP contribution in [0.25, 0.3) is 0 Å². The predicted octanol–water partition coefficient (Wildman–Crippen LogP) is 4.73. The van der Waals surface area contributed by atoms with E-state index in [0.29, 0.717) is 0 Å². The molecule has 0 radical (unpaired) electrons. The number of hydrogen-bond donors (Lipinski definition) is 1. The van der Waals surface area contributed by atoms with Crippen LogP contribution in [-0.2, 0) is 10.1 Å². The Balaban J connectivity index is 0.00000208. The summed E-state index contributed by atoms with van der Waals surface area (Å²) in [6.07, 6.45) is 0. The van der Waals surface area contributed by atoms with Crippen molar-refractivity contribution in [3.8, 4) is 0 Å². The first-order chi connectivity index (χ1) is 11.1. The topological polar surface area (TPSA) is 54.4 Å². The molecule has 0 atom stereocenters. The van der Waals surface area contributed by atoms with E-state index in [9.17, 15) is 8.42 Å². The number of benzene rings is 3. The van der Waals surface area contributed by atoms with Gasteiger partial charge in [0.25, 0.3) is 10.1 Å². The molecule has 0 aliphatic rings. The fourth-order valence-corrected chi connectivity index (χ4v) is 3.18. The van der Waals surface area contributed by atoms with E-state index in [0.717, 1.165) is 16.7 Å². The third kappa shape index (κ3) is 4.23. The fraction of sp³-hybridized carbons (Fsp3) is 0.0526. The molecular formula is C19H17IO3S. The molecule has 0 bridgehead atoms. The molecule has 3 rings (SSSR count). The van der Waals surface area contributed by atoms with Crippen LogP contribution >= 0.6 is 24.0 Å². The van der Waals surface area contributed by atoms with Gasteiger partial charge in [-0.2, -0.15) is 8.42 Å². The standard InChI is InChI=1S/C19H16O3S.HI/c20-23(21,22)18-13-11-17(12-14-18)19(15-7-3-1-4-8-15)16-9-5-2-6-10-16;/h1-14,19H,(H,20,21,22);1H. The third-order valence-electron chi connectivity index (χ3n) is 3.78. The highest BCUT2D eigenvalue weighted by atomic mass is 127. The summed E-state index contributed by atoms with van der Waals surface area (Å²) in [6.45, 7) is 0. The van der Waals surface area contributed by atoms with Crippen LogP contribution < -0.4 is 0 Å². The van der Waals surface area contributed by atoms with Crippen molar-refractivity contribution in [2.24, 2.45) is 0 Å². The molecule has 0 unspecified atom stereocenters. The van der Waals surface area contributed by atoms with Gasteiger partial charge in [-0.05, 0) is 28.8 Å². The molecule has 0 aromatic heterocycles. The molecule has 24 heavy (non-hydrogen) atoms. The molecule has 0 spiro atoms. The summed E-state index contributed by atoms with van der Waals surface area (Å²) in [5.41, 5.74) is 3.21. The highest BCUT2D eigenvalue weighted by Crippen LogP contribution is 2.32. The lowest BCUT2D eigenvalue weighted by atomic mass is 9.85. The SMILES string of the molecule is I.O=S(=O)(O)c1ccc(C(c2ccccc2)c2ccccc2)cc1. The van der Waals surface area contributed by atoms with Gasteiger partial charge in [-0.3, -0.25) is 4.55 Å². The van der Waals surface area contributed by atoms with E-state index in [2.05, 4.69) is 0 Å². The van der Waals surface area contributed by atoms with Crippen LogP contribution in [0.3, 0.4) is 0 Å². The van der Waals surface area contributed by atoms with Gasteiger partial charge in [-0.25, -0.2) is 0 Å². The Bertz CT molecular complexity index is 837. The molecule has 0 heterocycles.